The minimum Gasteiger partial charge on any atom is -0.489 e. The fourth-order valence-electron chi connectivity index (χ4n) is 4.79. The van der Waals surface area contributed by atoms with E-state index >= 15 is 0 Å². The molecule has 2 aromatic carbocycles. The van der Waals surface area contributed by atoms with E-state index in [4.69, 9.17) is 10.5 Å². The summed E-state index contributed by atoms with van der Waals surface area (Å²) in [6.45, 7) is 2.09. The van der Waals surface area contributed by atoms with E-state index in [2.05, 4.69) is 11.1 Å². The quantitative estimate of drug-likeness (QED) is 0.742. The van der Waals surface area contributed by atoms with Crippen molar-refractivity contribution in [2.75, 3.05) is 13.1 Å². The Hall–Kier alpha value is -2.92. The van der Waals surface area contributed by atoms with E-state index in [1.807, 2.05) is 53.4 Å². The third-order valence-corrected chi connectivity index (χ3v) is 6.43. The Kier molecular flexibility index (Phi) is 4.68. The van der Waals surface area contributed by atoms with Crippen LogP contribution in [0.2, 0.25) is 0 Å². The number of likely N-dealkylation sites (tertiary alicyclic amines) is 1. The van der Waals surface area contributed by atoms with Gasteiger partial charge in [0.15, 0.2) is 0 Å². The third-order valence-electron chi connectivity index (χ3n) is 6.43. The second-order valence-electron chi connectivity index (χ2n) is 8.18. The monoisotopic (exact) mass is 387 g/mol. The van der Waals surface area contributed by atoms with Gasteiger partial charge in [-0.15, -0.1) is 0 Å². The van der Waals surface area contributed by atoms with Crippen LogP contribution in [0.5, 0.6) is 5.75 Å². The Bertz CT molecular complexity index is 1030. The normalized spacial score (nSPS) is 23.3. The first-order valence-corrected chi connectivity index (χ1v) is 10.3. The van der Waals surface area contributed by atoms with Gasteiger partial charge in [0.1, 0.15) is 12.4 Å². The summed E-state index contributed by atoms with van der Waals surface area (Å²) in [5.41, 5.74) is 8.96. The minimum atomic E-state index is 0.0956. The molecule has 1 amide bonds. The zero-order valence-electron chi connectivity index (χ0n) is 16.3. The number of carbonyl (C=O) groups is 1. The second-order valence-corrected chi connectivity index (χ2v) is 8.18. The fourth-order valence-corrected chi connectivity index (χ4v) is 4.79. The predicted octanol–water partition coefficient (Wildman–Crippen LogP) is 3.62. The number of nitrogens with zero attached hydrogens (tertiary/aromatic N) is 2. The topological polar surface area (TPSA) is 68.5 Å². The molecule has 1 saturated carbocycles. The number of aromatic nitrogens is 1. The van der Waals surface area contributed by atoms with E-state index in [9.17, 15) is 4.79 Å². The second kappa shape index (κ2) is 7.48. The van der Waals surface area contributed by atoms with Gasteiger partial charge < -0.3 is 15.4 Å². The van der Waals surface area contributed by atoms with E-state index in [0.29, 0.717) is 24.0 Å². The van der Waals surface area contributed by atoms with Gasteiger partial charge in [0.2, 0.25) is 0 Å². The fraction of sp³-hybridized carbons (Fsp3) is 0.333. The van der Waals surface area contributed by atoms with Crippen LogP contribution < -0.4 is 10.5 Å². The highest BCUT2D eigenvalue weighted by molar-refractivity contribution is 5.94. The highest BCUT2D eigenvalue weighted by Crippen LogP contribution is 2.37. The van der Waals surface area contributed by atoms with Crippen LogP contribution in [0, 0.1) is 11.8 Å². The molecule has 148 valence electrons. The number of ether oxygens (including phenoxy) is 1. The standard InChI is InChI=1S/C24H25N3O2/c25-22-10-7-17-13-27(14-21(17)22)24(28)16-5-8-19(9-6-16)29-15-18-11-12-26-23-4-2-1-3-20(18)23/h1-6,8-9,11-12,17,21-22H,7,10,13-15,25H2. The summed E-state index contributed by atoms with van der Waals surface area (Å²) >= 11 is 0. The summed E-state index contributed by atoms with van der Waals surface area (Å²) in [5, 5.41) is 1.10. The van der Waals surface area contributed by atoms with Crippen LogP contribution >= 0.6 is 0 Å². The van der Waals surface area contributed by atoms with Crippen LogP contribution in [0.25, 0.3) is 10.9 Å². The number of carbonyl (C=O) groups excluding carboxylic acids is 1. The largest absolute Gasteiger partial charge is 0.489 e. The summed E-state index contributed by atoms with van der Waals surface area (Å²) < 4.78 is 5.97. The first-order valence-electron chi connectivity index (χ1n) is 10.3. The molecular formula is C24H25N3O2. The van der Waals surface area contributed by atoms with Gasteiger partial charge >= 0.3 is 0 Å². The first kappa shape index (κ1) is 18.1. The lowest BCUT2D eigenvalue weighted by Gasteiger charge is -2.19. The summed E-state index contributed by atoms with van der Waals surface area (Å²) in [4.78, 5) is 19.2. The van der Waals surface area contributed by atoms with E-state index in [-0.39, 0.29) is 11.9 Å². The van der Waals surface area contributed by atoms with Crippen molar-refractivity contribution in [3.63, 3.8) is 0 Å². The molecule has 2 aliphatic rings. The van der Waals surface area contributed by atoms with Gasteiger partial charge in [-0.1, -0.05) is 18.2 Å². The van der Waals surface area contributed by atoms with Crippen LogP contribution in [0.4, 0.5) is 0 Å². The van der Waals surface area contributed by atoms with Gasteiger partial charge in [-0.25, -0.2) is 0 Å². The Morgan fingerprint density at radius 3 is 2.72 bits per heavy atom. The van der Waals surface area contributed by atoms with Crippen molar-refractivity contribution < 1.29 is 9.53 Å². The number of fused-ring (bicyclic) bond motifs is 2. The molecule has 0 spiro atoms. The van der Waals surface area contributed by atoms with Gasteiger partial charge in [-0.2, -0.15) is 0 Å². The van der Waals surface area contributed by atoms with Gasteiger partial charge in [0.05, 0.1) is 5.52 Å². The summed E-state index contributed by atoms with van der Waals surface area (Å²) in [6, 6.07) is 17.7. The number of nitrogens with two attached hydrogens (primary N) is 1. The van der Waals surface area contributed by atoms with E-state index < -0.39 is 0 Å². The smallest absolute Gasteiger partial charge is 0.253 e. The van der Waals surface area contributed by atoms with Crippen molar-refractivity contribution in [1.29, 1.82) is 0 Å². The zero-order chi connectivity index (χ0) is 19.8. The molecular weight excluding hydrogens is 362 g/mol. The molecule has 1 saturated heterocycles. The van der Waals surface area contributed by atoms with Crippen LogP contribution in [-0.2, 0) is 6.61 Å². The lowest BCUT2D eigenvalue weighted by molar-refractivity contribution is 0.0779. The summed E-state index contributed by atoms with van der Waals surface area (Å²) in [6.07, 6.45) is 4.04. The molecule has 3 atom stereocenters. The number of benzene rings is 2. The third kappa shape index (κ3) is 3.47. The van der Waals surface area contributed by atoms with E-state index in [0.717, 1.165) is 48.1 Å². The number of hydrogen-bond acceptors (Lipinski definition) is 4. The van der Waals surface area contributed by atoms with Gasteiger partial charge in [0, 0.05) is 41.8 Å². The Morgan fingerprint density at radius 2 is 1.90 bits per heavy atom. The molecule has 3 unspecified atom stereocenters. The van der Waals surface area contributed by atoms with Gasteiger partial charge in [-0.05, 0) is 61.1 Å². The minimum absolute atomic E-state index is 0.0956. The van der Waals surface area contributed by atoms with Crippen LogP contribution in [-0.4, -0.2) is 34.9 Å². The lowest BCUT2D eigenvalue weighted by atomic mass is 9.98. The van der Waals surface area contributed by atoms with E-state index in [1.54, 1.807) is 6.20 Å². The Balaban J connectivity index is 1.24. The summed E-state index contributed by atoms with van der Waals surface area (Å²) in [5.74, 6) is 1.89. The van der Waals surface area contributed by atoms with Gasteiger partial charge in [-0.3, -0.25) is 9.78 Å². The van der Waals surface area contributed by atoms with Crippen molar-refractivity contribution in [2.45, 2.75) is 25.5 Å². The number of pyridine rings is 1. The molecule has 2 fully saturated rings. The molecule has 1 aliphatic heterocycles. The van der Waals surface area contributed by atoms with Crippen LogP contribution in [0.15, 0.2) is 60.8 Å². The molecule has 1 aliphatic carbocycles. The maximum absolute atomic E-state index is 12.9. The molecule has 2 heterocycles. The molecule has 2 N–H and O–H groups in total. The van der Waals surface area contributed by atoms with Crippen molar-refractivity contribution in [3.05, 3.63) is 71.9 Å². The maximum atomic E-state index is 12.9. The molecule has 5 rings (SSSR count). The van der Waals surface area contributed by atoms with Crippen molar-refractivity contribution in [2.24, 2.45) is 17.6 Å². The Morgan fingerprint density at radius 1 is 1.07 bits per heavy atom. The number of rotatable bonds is 4. The average molecular weight is 387 g/mol. The molecule has 5 nitrogen and oxygen atoms in total. The highest BCUT2D eigenvalue weighted by atomic mass is 16.5. The first-order chi connectivity index (χ1) is 14.2. The molecule has 0 bridgehead atoms. The lowest BCUT2D eigenvalue weighted by Crippen LogP contribution is -2.33. The van der Waals surface area contributed by atoms with Crippen LogP contribution in [0.1, 0.15) is 28.8 Å². The molecule has 0 radical (unpaired) electrons. The summed E-state index contributed by atoms with van der Waals surface area (Å²) in [7, 11) is 0. The molecule has 3 aromatic rings. The number of hydrogen-bond donors (Lipinski definition) is 1. The van der Waals surface area contributed by atoms with Gasteiger partial charge in [0.25, 0.3) is 5.91 Å². The van der Waals surface area contributed by atoms with E-state index in [1.165, 1.54) is 0 Å². The number of amides is 1. The molecule has 1 aromatic heterocycles. The average Bonchev–Trinajstić information content (AvgIpc) is 3.34. The number of para-hydroxylation sites is 1. The van der Waals surface area contributed by atoms with Crippen molar-refractivity contribution >= 4 is 16.8 Å². The highest BCUT2D eigenvalue weighted by Gasteiger charge is 2.42. The van der Waals surface area contributed by atoms with Crippen molar-refractivity contribution in [3.8, 4) is 5.75 Å². The molecule has 5 heteroatoms. The Labute approximate surface area is 170 Å². The molecule has 29 heavy (non-hydrogen) atoms. The predicted molar refractivity (Wildman–Crippen MR) is 113 cm³/mol. The maximum Gasteiger partial charge on any atom is 0.253 e. The zero-order valence-corrected chi connectivity index (χ0v) is 16.3. The van der Waals surface area contributed by atoms with Crippen molar-refractivity contribution in [1.82, 2.24) is 9.88 Å². The SMILES string of the molecule is NC1CCC2CN(C(=O)c3ccc(OCc4ccnc5ccccc45)cc3)CC12. The van der Waals surface area contributed by atoms with Crippen LogP contribution in [0.3, 0.4) is 0 Å².